The molecule has 0 fully saturated rings. The standard InChI is InChI=1S/C25H27N3O2/c1-18(20-10-5-3-6-11-20)16-26-24(29)22-14-9-15-23(28-22)25(30)27-17-19(2)21-12-7-4-8-13-21/h3-15,18-19H,16-17H2,1-2H3,(H,26,29)(H,27,30). The van der Waals surface area contributed by atoms with E-state index in [1.54, 1.807) is 18.2 Å². The molecule has 2 N–H and O–H groups in total. The van der Waals surface area contributed by atoms with Crippen LogP contribution in [-0.2, 0) is 0 Å². The molecular formula is C25H27N3O2. The summed E-state index contributed by atoms with van der Waals surface area (Å²) in [7, 11) is 0. The summed E-state index contributed by atoms with van der Waals surface area (Å²) >= 11 is 0. The van der Waals surface area contributed by atoms with Crippen molar-refractivity contribution in [3.63, 3.8) is 0 Å². The van der Waals surface area contributed by atoms with E-state index in [9.17, 15) is 9.59 Å². The molecule has 154 valence electrons. The molecule has 0 aliphatic heterocycles. The molecule has 1 aromatic heterocycles. The van der Waals surface area contributed by atoms with Crippen molar-refractivity contribution in [3.8, 4) is 0 Å². The van der Waals surface area contributed by atoms with Gasteiger partial charge in [0.2, 0.25) is 0 Å². The summed E-state index contributed by atoms with van der Waals surface area (Å²) in [6.45, 7) is 5.10. The van der Waals surface area contributed by atoms with E-state index >= 15 is 0 Å². The van der Waals surface area contributed by atoms with Gasteiger partial charge < -0.3 is 10.6 Å². The third kappa shape index (κ3) is 5.77. The largest absolute Gasteiger partial charge is 0.350 e. The second kappa shape index (κ2) is 10.3. The van der Waals surface area contributed by atoms with Gasteiger partial charge in [0.05, 0.1) is 0 Å². The number of nitrogens with one attached hydrogen (secondary N) is 2. The summed E-state index contributed by atoms with van der Waals surface area (Å²) in [6.07, 6.45) is 0. The van der Waals surface area contributed by atoms with Gasteiger partial charge in [-0.3, -0.25) is 9.59 Å². The highest BCUT2D eigenvalue weighted by molar-refractivity contribution is 5.96. The smallest absolute Gasteiger partial charge is 0.269 e. The molecule has 2 aromatic carbocycles. The number of aromatic nitrogens is 1. The van der Waals surface area contributed by atoms with Crippen LogP contribution in [0.1, 0.15) is 57.8 Å². The minimum atomic E-state index is -0.287. The zero-order valence-corrected chi connectivity index (χ0v) is 17.3. The number of amides is 2. The van der Waals surface area contributed by atoms with Gasteiger partial charge in [0.25, 0.3) is 11.8 Å². The van der Waals surface area contributed by atoms with E-state index in [1.807, 2.05) is 60.7 Å². The summed E-state index contributed by atoms with van der Waals surface area (Å²) in [5, 5.41) is 5.80. The van der Waals surface area contributed by atoms with Gasteiger partial charge in [-0.15, -0.1) is 0 Å². The van der Waals surface area contributed by atoms with Crippen LogP contribution in [0.3, 0.4) is 0 Å². The normalized spacial score (nSPS) is 12.6. The SMILES string of the molecule is CC(CNC(=O)c1cccc(C(=O)NCC(C)c2ccccc2)n1)c1ccccc1. The van der Waals surface area contributed by atoms with E-state index in [1.165, 1.54) is 0 Å². The third-order valence-corrected chi connectivity index (χ3v) is 5.09. The van der Waals surface area contributed by atoms with Crippen molar-refractivity contribution in [2.75, 3.05) is 13.1 Å². The second-order valence-corrected chi connectivity index (χ2v) is 7.45. The molecule has 2 unspecified atom stereocenters. The first-order valence-electron chi connectivity index (χ1n) is 10.2. The fraction of sp³-hybridized carbons (Fsp3) is 0.240. The predicted octanol–water partition coefficient (Wildman–Crippen LogP) is 4.15. The van der Waals surface area contributed by atoms with Gasteiger partial charge in [-0.25, -0.2) is 4.98 Å². The molecule has 2 atom stereocenters. The van der Waals surface area contributed by atoms with Crippen LogP contribution in [0, 0.1) is 0 Å². The highest BCUT2D eigenvalue weighted by atomic mass is 16.2. The lowest BCUT2D eigenvalue weighted by Gasteiger charge is -2.14. The number of nitrogens with zero attached hydrogens (tertiary/aromatic N) is 1. The van der Waals surface area contributed by atoms with Crippen molar-refractivity contribution in [2.24, 2.45) is 0 Å². The predicted molar refractivity (Wildman–Crippen MR) is 119 cm³/mol. The van der Waals surface area contributed by atoms with Crippen molar-refractivity contribution in [1.82, 2.24) is 15.6 Å². The third-order valence-electron chi connectivity index (χ3n) is 5.09. The minimum absolute atomic E-state index is 0.182. The molecule has 0 spiro atoms. The number of hydrogen-bond donors (Lipinski definition) is 2. The van der Waals surface area contributed by atoms with Gasteiger partial charge in [-0.2, -0.15) is 0 Å². The van der Waals surface area contributed by atoms with Crippen LogP contribution >= 0.6 is 0 Å². The van der Waals surface area contributed by atoms with Crippen molar-refractivity contribution < 1.29 is 9.59 Å². The summed E-state index contributed by atoms with van der Waals surface area (Å²) in [6, 6.07) is 24.9. The Bertz CT molecular complexity index is 897. The summed E-state index contributed by atoms with van der Waals surface area (Å²) < 4.78 is 0. The van der Waals surface area contributed by atoms with E-state index in [0.29, 0.717) is 13.1 Å². The Balaban J connectivity index is 1.55. The molecule has 3 aromatic rings. The molecule has 0 aliphatic rings. The van der Waals surface area contributed by atoms with Crippen LogP contribution in [0.25, 0.3) is 0 Å². The van der Waals surface area contributed by atoms with Crippen LogP contribution in [0.2, 0.25) is 0 Å². The maximum atomic E-state index is 12.5. The van der Waals surface area contributed by atoms with Crippen LogP contribution < -0.4 is 10.6 Å². The maximum Gasteiger partial charge on any atom is 0.269 e. The molecule has 3 rings (SSSR count). The molecule has 2 amide bonds. The molecule has 0 saturated carbocycles. The summed E-state index contributed by atoms with van der Waals surface area (Å²) in [5.41, 5.74) is 2.79. The number of hydrogen-bond acceptors (Lipinski definition) is 3. The Kier molecular flexibility index (Phi) is 7.33. The minimum Gasteiger partial charge on any atom is -0.350 e. The molecule has 5 nitrogen and oxygen atoms in total. The highest BCUT2D eigenvalue weighted by Crippen LogP contribution is 2.14. The number of rotatable bonds is 8. The lowest BCUT2D eigenvalue weighted by molar-refractivity contribution is 0.0942. The summed E-state index contributed by atoms with van der Waals surface area (Å²) in [5.74, 6) is -0.211. The average molecular weight is 402 g/mol. The molecule has 0 saturated heterocycles. The van der Waals surface area contributed by atoms with Gasteiger partial charge in [-0.05, 0) is 35.1 Å². The summed E-state index contributed by atoms with van der Waals surface area (Å²) in [4.78, 5) is 29.3. The van der Waals surface area contributed by atoms with Gasteiger partial charge >= 0.3 is 0 Å². The molecular weight excluding hydrogens is 374 g/mol. The first-order chi connectivity index (χ1) is 14.5. The Hall–Kier alpha value is -3.47. The van der Waals surface area contributed by atoms with Crippen molar-refractivity contribution >= 4 is 11.8 Å². The topological polar surface area (TPSA) is 71.1 Å². The Morgan fingerprint density at radius 3 is 1.47 bits per heavy atom. The van der Waals surface area contributed by atoms with E-state index in [-0.39, 0.29) is 35.0 Å². The zero-order valence-electron chi connectivity index (χ0n) is 17.3. The molecule has 1 heterocycles. The molecule has 0 radical (unpaired) electrons. The van der Waals surface area contributed by atoms with Crippen LogP contribution in [0.15, 0.2) is 78.9 Å². The average Bonchev–Trinajstić information content (AvgIpc) is 2.81. The lowest BCUT2D eigenvalue weighted by Crippen LogP contribution is -2.31. The molecule has 30 heavy (non-hydrogen) atoms. The van der Waals surface area contributed by atoms with Crippen molar-refractivity contribution in [1.29, 1.82) is 0 Å². The number of carbonyl (C=O) groups excluding carboxylic acids is 2. The van der Waals surface area contributed by atoms with Crippen molar-refractivity contribution in [3.05, 3.63) is 101 Å². The first kappa shape index (κ1) is 21.2. The van der Waals surface area contributed by atoms with E-state index in [0.717, 1.165) is 11.1 Å². The lowest BCUT2D eigenvalue weighted by atomic mass is 10.0. The number of carbonyl (C=O) groups is 2. The zero-order chi connectivity index (χ0) is 21.3. The maximum absolute atomic E-state index is 12.5. The van der Waals surface area contributed by atoms with Gasteiger partial charge in [0.15, 0.2) is 0 Å². The van der Waals surface area contributed by atoms with Crippen molar-refractivity contribution in [2.45, 2.75) is 25.7 Å². The van der Waals surface area contributed by atoms with E-state index in [4.69, 9.17) is 0 Å². The fourth-order valence-electron chi connectivity index (χ4n) is 3.16. The van der Waals surface area contributed by atoms with Gasteiger partial charge in [0, 0.05) is 13.1 Å². The van der Waals surface area contributed by atoms with Crippen LogP contribution in [0.4, 0.5) is 0 Å². The molecule has 5 heteroatoms. The van der Waals surface area contributed by atoms with E-state index < -0.39 is 0 Å². The molecule has 0 aliphatic carbocycles. The second-order valence-electron chi connectivity index (χ2n) is 7.45. The Morgan fingerprint density at radius 1 is 0.667 bits per heavy atom. The van der Waals surface area contributed by atoms with Crippen LogP contribution in [-0.4, -0.2) is 29.9 Å². The number of benzene rings is 2. The fourth-order valence-corrected chi connectivity index (χ4v) is 3.16. The van der Waals surface area contributed by atoms with Gasteiger partial charge in [-0.1, -0.05) is 80.6 Å². The Labute approximate surface area is 177 Å². The highest BCUT2D eigenvalue weighted by Gasteiger charge is 2.14. The monoisotopic (exact) mass is 401 g/mol. The number of pyridine rings is 1. The Morgan fingerprint density at radius 2 is 1.07 bits per heavy atom. The molecule has 0 bridgehead atoms. The quantitative estimate of drug-likeness (QED) is 0.596. The first-order valence-corrected chi connectivity index (χ1v) is 10.2. The van der Waals surface area contributed by atoms with Crippen LogP contribution in [0.5, 0.6) is 0 Å². The van der Waals surface area contributed by atoms with Gasteiger partial charge in [0.1, 0.15) is 11.4 Å². The van der Waals surface area contributed by atoms with E-state index in [2.05, 4.69) is 29.5 Å².